The molecule has 1 amide bonds. The highest BCUT2D eigenvalue weighted by atomic mass is 35.5. The maximum absolute atomic E-state index is 13.6. The highest BCUT2D eigenvalue weighted by Crippen LogP contribution is 2.37. The van der Waals surface area contributed by atoms with Crippen LogP contribution in [0.4, 0.5) is 0 Å². The van der Waals surface area contributed by atoms with E-state index in [0.717, 1.165) is 55.3 Å². The molecule has 0 aliphatic carbocycles. The summed E-state index contributed by atoms with van der Waals surface area (Å²) in [4.78, 5) is 18.3. The van der Waals surface area contributed by atoms with Gasteiger partial charge < -0.3 is 4.74 Å². The lowest BCUT2D eigenvalue weighted by molar-refractivity contribution is -0.134. The minimum atomic E-state index is -0.245. The van der Waals surface area contributed by atoms with Crippen molar-refractivity contribution < 1.29 is 9.53 Å². The van der Waals surface area contributed by atoms with Crippen molar-refractivity contribution in [2.24, 2.45) is 5.10 Å². The molecular formula is C29H31ClN4O2. The molecule has 0 radical (unpaired) electrons. The van der Waals surface area contributed by atoms with Crippen LogP contribution in [0.3, 0.4) is 0 Å². The summed E-state index contributed by atoms with van der Waals surface area (Å²) in [5.74, 6) is 0.735. The highest BCUT2D eigenvalue weighted by Gasteiger charge is 2.35. The van der Waals surface area contributed by atoms with Gasteiger partial charge in [0.1, 0.15) is 5.75 Å². The third-order valence-electron chi connectivity index (χ3n) is 6.92. The van der Waals surface area contributed by atoms with Crippen molar-refractivity contribution in [3.05, 3.63) is 101 Å². The molecule has 5 rings (SSSR count). The van der Waals surface area contributed by atoms with E-state index in [-0.39, 0.29) is 11.9 Å². The Bertz CT molecular complexity index is 1220. The minimum absolute atomic E-state index is 0.0127. The Morgan fingerprint density at radius 1 is 0.917 bits per heavy atom. The Hall–Kier alpha value is -3.19. The van der Waals surface area contributed by atoms with Gasteiger partial charge in [-0.2, -0.15) is 5.10 Å². The van der Waals surface area contributed by atoms with Gasteiger partial charge in [-0.15, -0.1) is 0 Å². The maximum atomic E-state index is 13.6. The predicted octanol–water partition coefficient (Wildman–Crippen LogP) is 4.84. The van der Waals surface area contributed by atoms with Gasteiger partial charge in [0.2, 0.25) is 0 Å². The Morgan fingerprint density at radius 3 is 2.33 bits per heavy atom. The van der Waals surface area contributed by atoms with Crippen molar-refractivity contribution in [3.8, 4) is 5.75 Å². The van der Waals surface area contributed by atoms with Crippen LogP contribution in [0.15, 0.2) is 84.0 Å². The number of benzene rings is 3. The van der Waals surface area contributed by atoms with Crippen molar-refractivity contribution in [2.45, 2.75) is 19.0 Å². The molecule has 0 spiro atoms. The summed E-state index contributed by atoms with van der Waals surface area (Å²) >= 11 is 6.57. The number of hydrazone groups is 1. The summed E-state index contributed by atoms with van der Waals surface area (Å²) in [6.45, 7) is 4.86. The Labute approximate surface area is 217 Å². The summed E-state index contributed by atoms with van der Waals surface area (Å²) in [6, 6.07) is 25.8. The topological polar surface area (TPSA) is 48.4 Å². The summed E-state index contributed by atoms with van der Waals surface area (Å²) in [7, 11) is 1.65. The van der Waals surface area contributed by atoms with E-state index in [2.05, 4.69) is 34.1 Å². The molecule has 1 fully saturated rings. The number of rotatable bonds is 7. The fourth-order valence-corrected chi connectivity index (χ4v) is 5.25. The molecular weight excluding hydrogens is 472 g/mol. The van der Waals surface area contributed by atoms with Crippen molar-refractivity contribution >= 4 is 23.2 Å². The average Bonchev–Trinajstić information content (AvgIpc) is 3.36. The van der Waals surface area contributed by atoms with Crippen LogP contribution >= 0.6 is 11.6 Å². The van der Waals surface area contributed by atoms with Crippen LogP contribution in [0, 0.1) is 0 Å². The molecule has 3 aromatic carbocycles. The fourth-order valence-electron chi connectivity index (χ4n) is 4.98. The van der Waals surface area contributed by atoms with Gasteiger partial charge in [-0.25, -0.2) is 5.01 Å². The molecule has 6 nitrogen and oxygen atoms in total. The summed E-state index contributed by atoms with van der Waals surface area (Å²) in [5, 5.41) is 7.11. The van der Waals surface area contributed by atoms with E-state index in [4.69, 9.17) is 21.4 Å². The lowest BCUT2D eigenvalue weighted by Crippen LogP contribution is -2.49. The molecule has 2 aliphatic rings. The number of halogens is 1. The first-order chi connectivity index (χ1) is 17.6. The maximum Gasteiger partial charge on any atom is 0.257 e. The van der Waals surface area contributed by atoms with E-state index in [0.29, 0.717) is 18.0 Å². The quantitative estimate of drug-likeness (QED) is 0.463. The number of carbonyl (C=O) groups excluding carboxylic acids is 1. The molecule has 36 heavy (non-hydrogen) atoms. The molecule has 1 saturated heterocycles. The summed E-state index contributed by atoms with van der Waals surface area (Å²) in [5.41, 5.74) is 3.97. The number of amides is 1. The number of hydrogen-bond donors (Lipinski definition) is 0. The standard InChI is InChI=1S/C29H31ClN4O2/c1-36-28-14-8-6-12-24(28)26-19-27(23-11-5-7-13-25(23)30)34(31-26)29(35)21-33-17-15-32(16-18-33)20-22-9-3-2-4-10-22/h2-14,27H,15-21H2,1H3. The molecule has 3 aromatic rings. The molecule has 2 aliphatic heterocycles. The van der Waals surface area contributed by atoms with E-state index in [1.54, 1.807) is 12.1 Å². The van der Waals surface area contributed by atoms with Gasteiger partial charge in [0.05, 0.1) is 25.4 Å². The zero-order valence-corrected chi connectivity index (χ0v) is 21.3. The number of carbonyl (C=O) groups is 1. The van der Waals surface area contributed by atoms with Crippen LogP contribution in [-0.2, 0) is 11.3 Å². The van der Waals surface area contributed by atoms with E-state index in [1.807, 2.05) is 54.6 Å². The first-order valence-electron chi connectivity index (χ1n) is 12.4. The van der Waals surface area contributed by atoms with Crippen molar-refractivity contribution in [1.29, 1.82) is 0 Å². The molecule has 0 aromatic heterocycles. The lowest BCUT2D eigenvalue weighted by Gasteiger charge is -2.35. The number of nitrogens with zero attached hydrogens (tertiary/aromatic N) is 4. The zero-order valence-electron chi connectivity index (χ0n) is 20.5. The van der Waals surface area contributed by atoms with Gasteiger partial charge in [-0.3, -0.25) is 14.6 Å². The zero-order chi connectivity index (χ0) is 24.9. The molecule has 7 heteroatoms. The highest BCUT2D eigenvalue weighted by molar-refractivity contribution is 6.31. The summed E-state index contributed by atoms with van der Waals surface area (Å²) in [6.07, 6.45) is 0.584. The van der Waals surface area contributed by atoms with Crippen LogP contribution in [0.5, 0.6) is 5.75 Å². The normalized spacial score (nSPS) is 18.8. The Morgan fingerprint density at radius 2 is 1.58 bits per heavy atom. The second-order valence-electron chi connectivity index (χ2n) is 9.26. The molecule has 0 bridgehead atoms. The average molecular weight is 503 g/mol. The molecule has 1 atom stereocenters. The largest absolute Gasteiger partial charge is 0.496 e. The van der Waals surface area contributed by atoms with E-state index >= 15 is 0 Å². The fraction of sp³-hybridized carbons (Fsp3) is 0.310. The molecule has 186 valence electrons. The smallest absolute Gasteiger partial charge is 0.257 e. The molecule has 0 saturated carbocycles. The number of piperazine rings is 1. The van der Waals surface area contributed by atoms with E-state index in [9.17, 15) is 4.79 Å². The van der Waals surface area contributed by atoms with Gasteiger partial charge in [0.15, 0.2) is 0 Å². The SMILES string of the molecule is COc1ccccc1C1=NN(C(=O)CN2CCN(Cc3ccccc3)CC2)C(c2ccccc2Cl)C1. The van der Waals surface area contributed by atoms with Crippen molar-refractivity contribution in [2.75, 3.05) is 39.8 Å². The molecule has 0 N–H and O–H groups in total. The van der Waals surface area contributed by atoms with Gasteiger partial charge >= 0.3 is 0 Å². The predicted molar refractivity (Wildman–Crippen MR) is 143 cm³/mol. The minimum Gasteiger partial charge on any atom is -0.496 e. The third-order valence-corrected chi connectivity index (χ3v) is 7.26. The van der Waals surface area contributed by atoms with Crippen LogP contribution < -0.4 is 4.74 Å². The number of methoxy groups -OCH3 is 1. The van der Waals surface area contributed by atoms with E-state index in [1.165, 1.54) is 5.56 Å². The van der Waals surface area contributed by atoms with Crippen molar-refractivity contribution in [1.82, 2.24) is 14.8 Å². The third kappa shape index (κ3) is 5.46. The Balaban J connectivity index is 1.30. The van der Waals surface area contributed by atoms with Gasteiger partial charge in [0, 0.05) is 49.7 Å². The van der Waals surface area contributed by atoms with Crippen LogP contribution in [0.1, 0.15) is 29.2 Å². The second-order valence-corrected chi connectivity index (χ2v) is 9.67. The van der Waals surface area contributed by atoms with Crippen LogP contribution in [0.25, 0.3) is 0 Å². The summed E-state index contributed by atoms with van der Waals surface area (Å²) < 4.78 is 5.57. The van der Waals surface area contributed by atoms with Gasteiger partial charge in [-0.05, 0) is 29.3 Å². The van der Waals surface area contributed by atoms with Crippen LogP contribution in [0.2, 0.25) is 5.02 Å². The second kappa shape index (κ2) is 11.2. The molecule has 2 heterocycles. The Kier molecular flexibility index (Phi) is 7.66. The monoisotopic (exact) mass is 502 g/mol. The molecule has 1 unspecified atom stereocenters. The lowest BCUT2D eigenvalue weighted by atomic mass is 9.98. The van der Waals surface area contributed by atoms with Gasteiger partial charge in [0.25, 0.3) is 5.91 Å². The number of para-hydroxylation sites is 1. The van der Waals surface area contributed by atoms with Crippen LogP contribution in [-0.4, -0.2) is 66.3 Å². The number of hydrogen-bond acceptors (Lipinski definition) is 5. The van der Waals surface area contributed by atoms with E-state index < -0.39 is 0 Å². The van der Waals surface area contributed by atoms with Crippen molar-refractivity contribution in [3.63, 3.8) is 0 Å². The van der Waals surface area contributed by atoms with Gasteiger partial charge in [-0.1, -0.05) is 72.3 Å². The number of ether oxygens (including phenoxy) is 1. The first kappa shape index (κ1) is 24.5. The first-order valence-corrected chi connectivity index (χ1v) is 12.8.